The van der Waals surface area contributed by atoms with Crippen molar-refractivity contribution in [1.82, 2.24) is 15.1 Å². The van der Waals surface area contributed by atoms with Crippen molar-refractivity contribution in [2.24, 2.45) is 5.92 Å². The minimum Gasteiger partial charge on any atom is -0.373 e. The Morgan fingerprint density at radius 3 is 2.67 bits per heavy atom. The Labute approximate surface area is 178 Å². The summed E-state index contributed by atoms with van der Waals surface area (Å²) in [6, 6.07) is 3.03. The number of fused-ring (bicyclic) bond motifs is 1. The third-order valence-corrected chi connectivity index (χ3v) is 6.97. The first-order valence-electron chi connectivity index (χ1n) is 11.2. The Balaban J connectivity index is 1.26. The van der Waals surface area contributed by atoms with Crippen LogP contribution in [0.2, 0.25) is 0 Å². The fourth-order valence-corrected chi connectivity index (χ4v) is 5.23. The van der Waals surface area contributed by atoms with Gasteiger partial charge in [-0.3, -0.25) is 14.5 Å². The standard InChI is InChI=1S/C23H33FN4O2/c1-15-6-7-20(24)19-13-21(26-22(15)19)23(30)25-18-5-3-4-17(12-18)14-27-8-10-28(11-9-27)16(2)29/h6-7,17-18,21,26H,3-5,8-14H2,1-2H3,(H,25,30)/t17-,18+,21?/m1/s1. The molecule has 2 heterocycles. The lowest BCUT2D eigenvalue weighted by Gasteiger charge is -2.38. The largest absolute Gasteiger partial charge is 0.373 e. The number of piperazine rings is 1. The maximum Gasteiger partial charge on any atom is 0.243 e. The first kappa shape index (κ1) is 21.1. The van der Waals surface area contributed by atoms with Crippen molar-refractivity contribution in [3.8, 4) is 0 Å². The zero-order valence-corrected chi connectivity index (χ0v) is 18.0. The van der Waals surface area contributed by atoms with Gasteiger partial charge in [-0.1, -0.05) is 12.5 Å². The molecule has 0 aromatic heterocycles. The van der Waals surface area contributed by atoms with E-state index in [0.717, 1.165) is 63.2 Å². The molecule has 2 amide bonds. The second kappa shape index (κ2) is 8.92. The second-order valence-corrected chi connectivity index (χ2v) is 9.16. The van der Waals surface area contributed by atoms with Gasteiger partial charge in [-0.25, -0.2) is 4.39 Å². The van der Waals surface area contributed by atoms with Gasteiger partial charge in [0.05, 0.1) is 0 Å². The Morgan fingerprint density at radius 2 is 1.97 bits per heavy atom. The molecular weight excluding hydrogens is 383 g/mol. The number of nitrogens with zero attached hydrogens (tertiary/aromatic N) is 2. The molecule has 1 saturated carbocycles. The van der Waals surface area contributed by atoms with E-state index in [4.69, 9.17) is 0 Å². The van der Waals surface area contributed by atoms with E-state index in [1.165, 1.54) is 12.5 Å². The van der Waals surface area contributed by atoms with Crippen LogP contribution < -0.4 is 10.6 Å². The highest BCUT2D eigenvalue weighted by atomic mass is 19.1. The van der Waals surface area contributed by atoms with Gasteiger partial charge in [0.2, 0.25) is 11.8 Å². The van der Waals surface area contributed by atoms with Crippen molar-refractivity contribution in [2.45, 2.75) is 58.0 Å². The molecule has 2 fully saturated rings. The summed E-state index contributed by atoms with van der Waals surface area (Å²) in [5, 5.41) is 6.46. The highest BCUT2D eigenvalue weighted by Crippen LogP contribution is 2.32. The number of anilines is 1. The third kappa shape index (κ3) is 4.61. The molecule has 30 heavy (non-hydrogen) atoms. The zero-order chi connectivity index (χ0) is 21.3. The molecular formula is C23H33FN4O2. The normalized spacial score (nSPS) is 26.8. The second-order valence-electron chi connectivity index (χ2n) is 9.16. The maximum atomic E-state index is 14.1. The highest BCUT2D eigenvalue weighted by molar-refractivity contribution is 5.88. The van der Waals surface area contributed by atoms with E-state index in [-0.39, 0.29) is 23.7 Å². The summed E-state index contributed by atoms with van der Waals surface area (Å²) in [7, 11) is 0. The zero-order valence-electron chi connectivity index (χ0n) is 18.0. The monoisotopic (exact) mass is 416 g/mol. The molecule has 1 aromatic carbocycles. The molecule has 0 radical (unpaired) electrons. The molecule has 4 rings (SSSR count). The van der Waals surface area contributed by atoms with Crippen molar-refractivity contribution >= 4 is 17.5 Å². The number of amides is 2. The Morgan fingerprint density at radius 1 is 1.20 bits per heavy atom. The van der Waals surface area contributed by atoms with Gasteiger partial charge in [0.1, 0.15) is 11.9 Å². The number of carbonyl (C=O) groups excluding carboxylic acids is 2. The van der Waals surface area contributed by atoms with Crippen molar-refractivity contribution in [3.05, 3.63) is 29.1 Å². The summed E-state index contributed by atoms with van der Waals surface area (Å²) in [5.41, 5.74) is 2.38. The molecule has 1 aromatic rings. The van der Waals surface area contributed by atoms with Gasteiger partial charge in [0.15, 0.2) is 0 Å². The van der Waals surface area contributed by atoms with Gasteiger partial charge >= 0.3 is 0 Å². The number of carbonyl (C=O) groups is 2. The van der Waals surface area contributed by atoms with Crippen LogP contribution in [0.15, 0.2) is 12.1 Å². The topological polar surface area (TPSA) is 64.7 Å². The molecule has 1 aliphatic carbocycles. The summed E-state index contributed by atoms with van der Waals surface area (Å²) in [4.78, 5) is 28.7. The molecule has 0 spiro atoms. The number of rotatable bonds is 4. The summed E-state index contributed by atoms with van der Waals surface area (Å²) in [6.45, 7) is 8.10. The molecule has 3 atom stereocenters. The minimum absolute atomic E-state index is 0.0225. The number of nitrogens with one attached hydrogen (secondary N) is 2. The van der Waals surface area contributed by atoms with Crippen LogP contribution in [-0.2, 0) is 16.0 Å². The molecule has 7 heteroatoms. The lowest BCUT2D eigenvalue weighted by atomic mass is 9.85. The van der Waals surface area contributed by atoms with Crippen LogP contribution in [0.1, 0.15) is 43.7 Å². The van der Waals surface area contributed by atoms with E-state index in [0.29, 0.717) is 17.9 Å². The maximum absolute atomic E-state index is 14.1. The molecule has 6 nitrogen and oxygen atoms in total. The molecule has 1 saturated heterocycles. The molecule has 1 unspecified atom stereocenters. The van der Waals surface area contributed by atoms with Crippen LogP contribution in [0.4, 0.5) is 10.1 Å². The minimum atomic E-state index is -0.393. The van der Waals surface area contributed by atoms with Crippen molar-refractivity contribution in [2.75, 3.05) is 38.0 Å². The Kier molecular flexibility index (Phi) is 6.27. The number of hydrogen-bond acceptors (Lipinski definition) is 4. The summed E-state index contributed by atoms with van der Waals surface area (Å²) < 4.78 is 14.1. The fourth-order valence-electron chi connectivity index (χ4n) is 5.23. The number of aryl methyl sites for hydroxylation is 1. The van der Waals surface area contributed by atoms with Gasteiger partial charge in [-0.05, 0) is 43.7 Å². The first-order valence-corrected chi connectivity index (χ1v) is 11.2. The van der Waals surface area contributed by atoms with E-state index >= 15 is 0 Å². The van der Waals surface area contributed by atoms with Crippen LogP contribution in [0.25, 0.3) is 0 Å². The van der Waals surface area contributed by atoms with E-state index in [1.54, 1.807) is 13.0 Å². The van der Waals surface area contributed by atoms with Gasteiger partial charge in [0, 0.05) is 63.4 Å². The lowest BCUT2D eigenvalue weighted by molar-refractivity contribution is -0.130. The van der Waals surface area contributed by atoms with E-state index in [9.17, 15) is 14.0 Å². The summed E-state index contributed by atoms with van der Waals surface area (Å²) in [6.07, 6.45) is 4.72. The predicted molar refractivity (Wildman–Crippen MR) is 115 cm³/mol. The number of benzene rings is 1. The van der Waals surface area contributed by atoms with Crippen molar-refractivity contribution in [3.63, 3.8) is 0 Å². The molecule has 164 valence electrons. The quantitative estimate of drug-likeness (QED) is 0.791. The average Bonchev–Trinajstić information content (AvgIpc) is 3.19. The summed E-state index contributed by atoms with van der Waals surface area (Å²) >= 11 is 0. The van der Waals surface area contributed by atoms with E-state index in [2.05, 4.69) is 15.5 Å². The van der Waals surface area contributed by atoms with Gasteiger partial charge < -0.3 is 15.5 Å². The SMILES string of the molecule is CC(=O)N1CCN(C[C@@H]2CCC[C@H](NC(=O)C3Cc4c(F)ccc(C)c4N3)C2)CC1. The van der Waals surface area contributed by atoms with Crippen LogP contribution in [0, 0.1) is 18.7 Å². The van der Waals surface area contributed by atoms with Crippen LogP contribution in [-0.4, -0.2) is 66.4 Å². The number of halogens is 1. The van der Waals surface area contributed by atoms with Gasteiger partial charge in [-0.15, -0.1) is 0 Å². The Bertz CT molecular complexity index is 776. The third-order valence-electron chi connectivity index (χ3n) is 6.97. The van der Waals surface area contributed by atoms with Gasteiger partial charge in [0.25, 0.3) is 0 Å². The van der Waals surface area contributed by atoms with E-state index < -0.39 is 6.04 Å². The molecule has 0 bridgehead atoms. The number of hydrogen-bond donors (Lipinski definition) is 2. The van der Waals surface area contributed by atoms with Gasteiger partial charge in [-0.2, -0.15) is 0 Å². The van der Waals surface area contributed by atoms with Crippen LogP contribution in [0.5, 0.6) is 0 Å². The summed E-state index contributed by atoms with van der Waals surface area (Å²) in [5.74, 6) is 0.473. The van der Waals surface area contributed by atoms with Crippen LogP contribution >= 0.6 is 0 Å². The predicted octanol–water partition coefficient (Wildman–Crippen LogP) is 2.31. The van der Waals surface area contributed by atoms with Crippen molar-refractivity contribution < 1.29 is 14.0 Å². The molecule has 3 aliphatic rings. The van der Waals surface area contributed by atoms with E-state index in [1.807, 2.05) is 11.8 Å². The lowest BCUT2D eigenvalue weighted by Crippen LogP contribution is -2.50. The fraction of sp³-hybridized carbons (Fsp3) is 0.652. The smallest absolute Gasteiger partial charge is 0.243 e. The highest BCUT2D eigenvalue weighted by Gasteiger charge is 2.32. The first-order chi connectivity index (χ1) is 14.4. The average molecular weight is 417 g/mol. The van der Waals surface area contributed by atoms with Crippen molar-refractivity contribution in [1.29, 1.82) is 0 Å². The molecule has 2 N–H and O–H groups in total. The van der Waals surface area contributed by atoms with Crippen LogP contribution in [0.3, 0.4) is 0 Å². The Hall–Kier alpha value is -2.15. The molecule has 2 aliphatic heterocycles.